The maximum atomic E-state index is 15.2. The van der Waals surface area contributed by atoms with Crippen LogP contribution < -0.4 is 15.4 Å². The van der Waals surface area contributed by atoms with Gasteiger partial charge in [0.15, 0.2) is 18.2 Å². The third kappa shape index (κ3) is 7.47. The van der Waals surface area contributed by atoms with Crippen LogP contribution in [-0.4, -0.2) is 70.7 Å². The molecule has 2 aromatic rings. The quantitative estimate of drug-likeness (QED) is 0.164. The summed E-state index contributed by atoms with van der Waals surface area (Å²) in [6.07, 6.45) is 6.48. The Morgan fingerprint density at radius 3 is 2.50 bits per heavy atom. The molecule has 1 fully saturated rings. The van der Waals surface area contributed by atoms with Crippen LogP contribution in [0.3, 0.4) is 0 Å². The molecule has 2 aliphatic carbocycles. The highest BCUT2D eigenvalue weighted by molar-refractivity contribution is 7.92. The van der Waals surface area contributed by atoms with E-state index in [4.69, 9.17) is 26.5 Å². The maximum absolute atomic E-state index is 15.2. The summed E-state index contributed by atoms with van der Waals surface area (Å²) in [5.41, 5.74) is 7.73. The number of nitrogens with two attached hydrogens (primary N) is 1. The van der Waals surface area contributed by atoms with Gasteiger partial charge in [-0.3, -0.25) is 4.79 Å². The fourth-order valence-corrected chi connectivity index (χ4v) is 11.7. The van der Waals surface area contributed by atoms with Crippen LogP contribution in [0, 0.1) is 11.8 Å². The zero-order chi connectivity index (χ0) is 36.6. The number of rotatable bonds is 13. The van der Waals surface area contributed by atoms with Gasteiger partial charge in [-0.2, -0.15) is 0 Å². The predicted molar refractivity (Wildman–Crippen MR) is 206 cm³/mol. The van der Waals surface area contributed by atoms with Gasteiger partial charge in [-0.15, -0.1) is 13.2 Å². The van der Waals surface area contributed by atoms with Crippen LogP contribution in [0.2, 0.25) is 23.2 Å². The molecule has 6 atom stereocenters. The van der Waals surface area contributed by atoms with Gasteiger partial charge < -0.3 is 24.9 Å². The summed E-state index contributed by atoms with van der Waals surface area (Å²) in [5.74, 6) is 0.245. The first-order chi connectivity index (χ1) is 23.4. The summed E-state index contributed by atoms with van der Waals surface area (Å²) in [4.78, 5) is 14.6. The van der Waals surface area contributed by atoms with Crippen LogP contribution in [0.4, 0.5) is 5.69 Å². The largest absolute Gasteiger partial charge is 0.490 e. The molecule has 0 radical (unpaired) electrons. The number of carbonyl (C=O) groups is 1. The number of primary amides is 1. The number of aryl methyl sites for hydroxylation is 1. The minimum Gasteiger partial charge on any atom is -0.490 e. The van der Waals surface area contributed by atoms with Crippen LogP contribution in [-0.2, 0) is 26.1 Å². The van der Waals surface area contributed by atoms with Gasteiger partial charge in [0.2, 0.25) is 5.91 Å². The first-order valence-electron chi connectivity index (χ1n) is 17.8. The number of carbonyl (C=O) groups excluding carboxylic acids is 1. The van der Waals surface area contributed by atoms with E-state index in [1.165, 1.54) is 0 Å². The van der Waals surface area contributed by atoms with Crippen molar-refractivity contribution in [1.82, 2.24) is 0 Å². The Balaban J connectivity index is 1.63. The zero-order valence-corrected chi connectivity index (χ0v) is 32.9. The van der Waals surface area contributed by atoms with E-state index in [0.717, 1.165) is 24.0 Å². The Hall–Kier alpha value is -2.63. The molecule has 1 aliphatic heterocycles. The number of hydrogen-bond donors (Lipinski definition) is 2. The average molecular weight is 743 g/mol. The molecule has 1 saturated carbocycles. The summed E-state index contributed by atoms with van der Waals surface area (Å²) < 4.78 is 43.7. The predicted octanol–water partition coefficient (Wildman–Crippen LogP) is 7.24. The third-order valence-electron chi connectivity index (χ3n) is 12.0. The molecule has 2 unspecified atom stereocenters. The zero-order valence-electron chi connectivity index (χ0n) is 30.3. The van der Waals surface area contributed by atoms with Gasteiger partial charge in [-0.05, 0) is 110 Å². The van der Waals surface area contributed by atoms with E-state index in [1.807, 2.05) is 18.2 Å². The van der Waals surface area contributed by atoms with Crippen molar-refractivity contribution in [2.45, 2.75) is 99.4 Å². The SMILES string of the molecule is C=CC[C@H](CO[Si](C)(C)C(C)(C)C)S(=O)(=O)C1CCc2cc(Cl)ccc2C12COc1ccc(C(N)=O)cc1N(C[C@@H]1CC[C@H]1[C@@H](O)CC=C)C2. The van der Waals surface area contributed by atoms with Crippen molar-refractivity contribution in [1.29, 1.82) is 0 Å². The number of halogens is 1. The van der Waals surface area contributed by atoms with Crippen molar-refractivity contribution in [3.8, 4) is 5.75 Å². The van der Waals surface area contributed by atoms with Crippen LogP contribution in [0.15, 0.2) is 61.7 Å². The number of anilines is 1. The average Bonchev–Trinajstić information content (AvgIpc) is 3.17. The molecule has 0 bridgehead atoms. The lowest BCUT2D eigenvalue weighted by Crippen LogP contribution is -2.59. The fraction of sp³-hybridized carbons (Fsp3) is 0.564. The topological polar surface area (TPSA) is 119 Å². The normalized spacial score (nSPS) is 24.9. The fourth-order valence-electron chi connectivity index (χ4n) is 7.90. The van der Waals surface area contributed by atoms with Crippen molar-refractivity contribution in [3.05, 3.63) is 83.4 Å². The summed E-state index contributed by atoms with van der Waals surface area (Å²) >= 11 is 6.53. The van der Waals surface area contributed by atoms with Crippen molar-refractivity contribution in [2.75, 3.05) is 31.2 Å². The number of ether oxygens (including phenoxy) is 1. The second kappa shape index (κ2) is 14.8. The lowest BCUT2D eigenvalue weighted by Gasteiger charge is -2.48. The van der Waals surface area contributed by atoms with Crippen molar-refractivity contribution < 1.29 is 27.5 Å². The molecule has 11 heteroatoms. The van der Waals surface area contributed by atoms with Crippen LogP contribution in [0.1, 0.15) is 74.4 Å². The number of hydrogen-bond acceptors (Lipinski definition) is 7. The molecule has 1 heterocycles. The van der Waals surface area contributed by atoms with E-state index in [0.29, 0.717) is 54.4 Å². The summed E-state index contributed by atoms with van der Waals surface area (Å²) in [6.45, 7) is 19.6. The Bertz CT molecular complexity index is 1710. The van der Waals surface area contributed by atoms with Crippen LogP contribution in [0.25, 0.3) is 0 Å². The van der Waals surface area contributed by atoms with Crippen molar-refractivity contribution in [3.63, 3.8) is 0 Å². The molecule has 0 aromatic heterocycles. The number of benzene rings is 2. The summed E-state index contributed by atoms with van der Waals surface area (Å²) in [5, 5.41) is 9.91. The third-order valence-corrected chi connectivity index (χ3v) is 19.5. The number of sulfone groups is 1. The van der Waals surface area contributed by atoms with E-state index in [-0.39, 0.29) is 36.5 Å². The lowest BCUT2D eigenvalue weighted by atomic mass is 9.68. The Labute approximate surface area is 305 Å². The van der Waals surface area contributed by atoms with Crippen LogP contribution >= 0.6 is 11.6 Å². The van der Waals surface area contributed by atoms with Crippen molar-refractivity contribution in [2.24, 2.45) is 17.6 Å². The van der Waals surface area contributed by atoms with Gasteiger partial charge in [0, 0.05) is 23.7 Å². The number of aliphatic hydroxyl groups is 1. The molecule has 50 heavy (non-hydrogen) atoms. The minimum absolute atomic E-state index is 0.0798. The second-order valence-electron chi connectivity index (χ2n) is 16.1. The number of amides is 1. The highest BCUT2D eigenvalue weighted by atomic mass is 35.5. The summed E-state index contributed by atoms with van der Waals surface area (Å²) in [7, 11) is -6.12. The second-order valence-corrected chi connectivity index (χ2v) is 23.8. The molecule has 0 saturated heterocycles. The molecule has 1 spiro atoms. The van der Waals surface area contributed by atoms with E-state index < -0.39 is 46.1 Å². The smallest absolute Gasteiger partial charge is 0.248 e. The van der Waals surface area contributed by atoms with Gasteiger partial charge in [0.1, 0.15) is 12.4 Å². The molecule has 5 rings (SSSR count). The number of fused-ring (bicyclic) bond motifs is 3. The highest BCUT2D eigenvalue weighted by Gasteiger charge is 2.55. The molecule has 1 amide bonds. The van der Waals surface area contributed by atoms with Gasteiger partial charge in [-0.25, -0.2) is 8.42 Å². The Kier molecular flexibility index (Phi) is 11.4. The van der Waals surface area contributed by atoms with Crippen LogP contribution in [0.5, 0.6) is 5.75 Å². The molecule has 3 aliphatic rings. The standard InChI is InChI=1S/C39H55ClN2O6SSi/c1-8-10-30(23-48-50(6,7)38(3,4)5)49(45,46)36-19-14-26-20-29(40)15-17-32(26)39(36)24-42(22-28-12-16-31(28)34(43)11-9-2)33-21-27(37(41)44)13-18-35(33)47-25-39/h8-9,13,15,17-18,20-21,28,30-31,34,36,43H,1-2,10-12,14,16,19,22-25H2,3-7H3,(H2,41,44)/t28-,30+,31+,34-,36?,39?/m0/s1. The first kappa shape index (κ1) is 38.6. The summed E-state index contributed by atoms with van der Waals surface area (Å²) in [6, 6.07) is 10.9. The van der Waals surface area contributed by atoms with E-state index in [1.54, 1.807) is 30.4 Å². The molecular formula is C39H55ClN2O6SSi. The molecular weight excluding hydrogens is 688 g/mol. The maximum Gasteiger partial charge on any atom is 0.248 e. The van der Waals surface area contributed by atoms with E-state index in [9.17, 15) is 9.90 Å². The Morgan fingerprint density at radius 2 is 1.88 bits per heavy atom. The van der Waals surface area contributed by atoms with Crippen molar-refractivity contribution >= 4 is 41.4 Å². The van der Waals surface area contributed by atoms with Gasteiger partial charge in [0.05, 0.1) is 34.3 Å². The van der Waals surface area contributed by atoms with E-state index in [2.05, 4.69) is 51.9 Å². The molecule has 2 aromatic carbocycles. The van der Waals surface area contributed by atoms with E-state index >= 15 is 8.42 Å². The first-order valence-corrected chi connectivity index (χ1v) is 22.7. The number of allylic oxidation sites excluding steroid dienone is 1. The molecule has 274 valence electrons. The van der Waals surface area contributed by atoms with Gasteiger partial charge in [0.25, 0.3) is 0 Å². The monoisotopic (exact) mass is 742 g/mol. The van der Waals surface area contributed by atoms with Gasteiger partial charge >= 0.3 is 0 Å². The highest BCUT2D eigenvalue weighted by Crippen LogP contribution is 2.49. The number of aliphatic hydroxyl groups excluding tert-OH is 1. The molecule has 3 N–H and O–H groups in total. The minimum atomic E-state index is -3.85. The lowest BCUT2D eigenvalue weighted by molar-refractivity contribution is 0.0178. The number of nitrogens with zero attached hydrogens (tertiary/aromatic N) is 1. The Morgan fingerprint density at radius 1 is 1.16 bits per heavy atom. The van der Waals surface area contributed by atoms with Gasteiger partial charge in [-0.1, -0.05) is 50.6 Å². The molecule has 8 nitrogen and oxygen atoms in total.